The predicted octanol–water partition coefficient (Wildman–Crippen LogP) is 5.26. The van der Waals surface area contributed by atoms with Crippen LogP contribution in [0.4, 0.5) is 0 Å². The van der Waals surface area contributed by atoms with E-state index in [0.717, 1.165) is 10.1 Å². The van der Waals surface area contributed by atoms with E-state index in [1.165, 1.54) is 18.7 Å². The van der Waals surface area contributed by atoms with Gasteiger partial charge in [0.1, 0.15) is 5.82 Å². The highest BCUT2D eigenvalue weighted by Crippen LogP contribution is 2.33. The van der Waals surface area contributed by atoms with Gasteiger partial charge in [0.05, 0.1) is 23.7 Å². The van der Waals surface area contributed by atoms with Crippen molar-refractivity contribution in [3.63, 3.8) is 0 Å². The molecule has 1 unspecified atom stereocenters. The molecule has 0 amide bonds. The Hall–Kier alpha value is -4.14. The summed E-state index contributed by atoms with van der Waals surface area (Å²) in [6.07, 6.45) is 0. The number of fused-ring (bicyclic) bond motifs is 1. The second-order valence-corrected chi connectivity index (χ2v) is 9.55. The summed E-state index contributed by atoms with van der Waals surface area (Å²) in [4.78, 5) is 43.8. The minimum Gasteiger partial charge on any atom is -0.465 e. The maximum absolute atomic E-state index is 13.6. The van der Waals surface area contributed by atoms with Crippen molar-refractivity contribution in [1.29, 1.82) is 0 Å². The van der Waals surface area contributed by atoms with Crippen molar-refractivity contribution in [2.45, 2.75) is 13.0 Å². The van der Waals surface area contributed by atoms with Crippen molar-refractivity contribution in [3.05, 3.63) is 115 Å². The number of rotatable bonds is 5. The molecule has 3 aromatic carbocycles. The van der Waals surface area contributed by atoms with Gasteiger partial charge in [-0.2, -0.15) is 0 Å². The largest absolute Gasteiger partial charge is 0.465 e. The summed E-state index contributed by atoms with van der Waals surface area (Å²) < 4.78 is 9.00. The Kier molecular flexibility index (Phi) is 6.69. The third-order valence-corrected chi connectivity index (χ3v) is 7.07. The first-order valence-electron chi connectivity index (χ1n) is 11.7. The maximum Gasteiger partial charge on any atom is 0.337 e. The molecule has 0 N–H and O–H groups in total. The Morgan fingerprint density at radius 1 is 0.947 bits per heavy atom. The van der Waals surface area contributed by atoms with Gasteiger partial charge in [0, 0.05) is 23.3 Å². The van der Waals surface area contributed by atoms with Gasteiger partial charge in [0.15, 0.2) is 11.2 Å². The molecular formula is C28H22Cl2N4O4. The Morgan fingerprint density at radius 3 is 2.24 bits per heavy atom. The zero-order valence-corrected chi connectivity index (χ0v) is 22.2. The predicted molar refractivity (Wildman–Crippen MR) is 148 cm³/mol. The van der Waals surface area contributed by atoms with E-state index in [9.17, 15) is 14.4 Å². The average molecular weight is 549 g/mol. The molecular weight excluding hydrogens is 527 g/mol. The van der Waals surface area contributed by atoms with Crippen LogP contribution in [0.15, 0.2) is 82.4 Å². The van der Waals surface area contributed by atoms with Gasteiger partial charge in [-0.05, 0) is 61.0 Å². The highest BCUT2D eigenvalue weighted by atomic mass is 35.5. The fraction of sp³-hybridized carbons (Fsp3) is 0.143. The summed E-state index contributed by atoms with van der Waals surface area (Å²) in [6, 6.07) is 20.3. The van der Waals surface area contributed by atoms with Crippen molar-refractivity contribution < 1.29 is 9.53 Å². The molecule has 0 aliphatic carbocycles. The molecule has 0 radical (unpaired) electrons. The molecule has 1 atom stereocenters. The van der Waals surface area contributed by atoms with Gasteiger partial charge in [-0.3, -0.25) is 18.5 Å². The van der Waals surface area contributed by atoms with Crippen LogP contribution in [-0.2, 0) is 11.8 Å². The Balaban J connectivity index is 1.84. The molecule has 0 spiro atoms. The smallest absolute Gasteiger partial charge is 0.337 e. The summed E-state index contributed by atoms with van der Waals surface area (Å²) in [7, 11) is 2.75. The van der Waals surface area contributed by atoms with E-state index in [2.05, 4.69) is 0 Å². The van der Waals surface area contributed by atoms with E-state index in [1.54, 1.807) is 71.3 Å². The number of benzene rings is 3. The average Bonchev–Trinajstić information content (AvgIpc) is 3.32. The van der Waals surface area contributed by atoms with Crippen molar-refractivity contribution >= 4 is 40.3 Å². The van der Waals surface area contributed by atoms with E-state index >= 15 is 0 Å². The van der Waals surface area contributed by atoms with E-state index in [0.29, 0.717) is 32.7 Å². The van der Waals surface area contributed by atoms with Crippen molar-refractivity contribution in [3.8, 4) is 17.1 Å². The maximum atomic E-state index is 13.6. The van der Waals surface area contributed by atoms with Crippen molar-refractivity contribution in [1.82, 2.24) is 18.7 Å². The molecule has 5 rings (SSSR count). The highest BCUT2D eigenvalue weighted by Gasteiger charge is 2.26. The lowest BCUT2D eigenvalue weighted by Gasteiger charge is -2.18. The molecule has 10 heteroatoms. The normalized spacial score (nSPS) is 12.0. The number of methoxy groups -OCH3 is 1. The quantitative estimate of drug-likeness (QED) is 0.280. The second-order valence-electron chi connectivity index (χ2n) is 8.71. The first-order chi connectivity index (χ1) is 18.2. The lowest BCUT2D eigenvalue weighted by Crippen LogP contribution is -2.40. The molecule has 192 valence electrons. The van der Waals surface area contributed by atoms with Gasteiger partial charge in [-0.25, -0.2) is 14.6 Å². The van der Waals surface area contributed by atoms with Gasteiger partial charge >= 0.3 is 11.7 Å². The number of hydrogen-bond acceptors (Lipinski definition) is 5. The first kappa shape index (κ1) is 25.5. The van der Waals surface area contributed by atoms with E-state index < -0.39 is 23.3 Å². The van der Waals surface area contributed by atoms with Gasteiger partial charge in [-0.15, -0.1) is 0 Å². The zero-order chi connectivity index (χ0) is 27.1. The number of imidazole rings is 1. The van der Waals surface area contributed by atoms with Gasteiger partial charge < -0.3 is 4.74 Å². The lowest BCUT2D eigenvalue weighted by molar-refractivity contribution is 0.0600. The van der Waals surface area contributed by atoms with Gasteiger partial charge in [-0.1, -0.05) is 47.5 Å². The van der Waals surface area contributed by atoms with Crippen molar-refractivity contribution in [2.75, 3.05) is 7.11 Å². The third-order valence-electron chi connectivity index (χ3n) is 6.49. The number of halogens is 2. The number of esters is 1. The second kappa shape index (κ2) is 9.96. The van der Waals surface area contributed by atoms with E-state index in [-0.39, 0.29) is 11.2 Å². The SMILES string of the molecule is COC(=O)c1ccc(C(C)n2c(=O)n(C)c(=O)c3c2nc(-c2ccccc2Cl)n3-c2ccc(Cl)cc2)cc1. The lowest BCUT2D eigenvalue weighted by atomic mass is 10.1. The van der Waals surface area contributed by atoms with Crippen LogP contribution in [0.1, 0.15) is 28.9 Å². The standard InChI is InChI=1S/C28H22Cl2N4O4/c1-16(17-8-10-18(11-9-17)27(36)38-3)33-25-23(26(35)32(2)28(33)37)34(20-14-12-19(29)13-15-20)24(31-25)21-6-4-5-7-22(21)30/h4-16H,1-3H3. The monoisotopic (exact) mass is 548 g/mol. The van der Waals surface area contributed by atoms with Gasteiger partial charge in [0.2, 0.25) is 0 Å². The fourth-order valence-corrected chi connectivity index (χ4v) is 4.79. The number of carbonyl (C=O) groups is 1. The van der Waals surface area contributed by atoms with Crippen LogP contribution in [0.3, 0.4) is 0 Å². The minimum atomic E-state index is -0.531. The van der Waals surface area contributed by atoms with Crippen molar-refractivity contribution in [2.24, 2.45) is 7.05 Å². The Bertz CT molecular complexity index is 1800. The zero-order valence-electron chi connectivity index (χ0n) is 20.7. The summed E-state index contributed by atoms with van der Waals surface area (Å²) in [5, 5.41) is 0.974. The molecule has 2 aromatic heterocycles. The molecule has 0 saturated carbocycles. The van der Waals surface area contributed by atoms with Crippen LogP contribution in [0.25, 0.3) is 28.2 Å². The molecule has 0 aliphatic rings. The van der Waals surface area contributed by atoms with Gasteiger partial charge in [0.25, 0.3) is 5.56 Å². The van der Waals surface area contributed by atoms with Crippen LogP contribution in [-0.4, -0.2) is 31.8 Å². The number of carbonyl (C=O) groups excluding carboxylic acids is 1. The number of nitrogens with zero attached hydrogens (tertiary/aromatic N) is 4. The fourth-order valence-electron chi connectivity index (χ4n) is 4.44. The summed E-state index contributed by atoms with van der Waals surface area (Å²) in [5.74, 6) is -0.0606. The summed E-state index contributed by atoms with van der Waals surface area (Å²) in [5.41, 5.74) is 1.72. The molecule has 0 bridgehead atoms. The molecule has 0 aliphatic heterocycles. The van der Waals surface area contributed by atoms with Crippen LogP contribution in [0.5, 0.6) is 0 Å². The summed E-state index contributed by atoms with van der Waals surface area (Å²) in [6.45, 7) is 1.83. The molecule has 0 fully saturated rings. The number of hydrogen-bond donors (Lipinski definition) is 0. The highest BCUT2D eigenvalue weighted by molar-refractivity contribution is 6.33. The topological polar surface area (TPSA) is 88.1 Å². The van der Waals surface area contributed by atoms with Crippen LogP contribution >= 0.6 is 23.2 Å². The first-order valence-corrected chi connectivity index (χ1v) is 12.4. The minimum absolute atomic E-state index is 0.201. The Morgan fingerprint density at radius 2 is 1.61 bits per heavy atom. The number of ether oxygens (including phenoxy) is 1. The van der Waals surface area contributed by atoms with Crippen LogP contribution < -0.4 is 11.2 Å². The molecule has 8 nitrogen and oxygen atoms in total. The van der Waals surface area contributed by atoms with E-state index in [4.69, 9.17) is 32.9 Å². The molecule has 38 heavy (non-hydrogen) atoms. The van der Waals surface area contributed by atoms with E-state index in [1.807, 2.05) is 13.0 Å². The third kappa shape index (κ3) is 4.21. The number of aromatic nitrogens is 4. The Labute approximate surface area is 227 Å². The molecule has 2 heterocycles. The van der Waals surface area contributed by atoms with Crippen LogP contribution in [0, 0.1) is 0 Å². The molecule has 5 aromatic rings. The van der Waals surface area contributed by atoms with Crippen LogP contribution in [0.2, 0.25) is 10.0 Å². The molecule has 0 saturated heterocycles. The summed E-state index contributed by atoms with van der Waals surface area (Å²) >= 11 is 12.7.